The predicted molar refractivity (Wildman–Crippen MR) is 86.8 cm³/mol. The van der Waals surface area contributed by atoms with E-state index in [1.54, 1.807) is 0 Å². The second-order valence-electron chi connectivity index (χ2n) is 6.97. The third-order valence-electron chi connectivity index (χ3n) is 5.50. The van der Waals surface area contributed by atoms with Crippen LogP contribution in [0.2, 0.25) is 0 Å². The lowest BCUT2D eigenvalue weighted by Crippen LogP contribution is -2.26. The van der Waals surface area contributed by atoms with E-state index in [-0.39, 0.29) is 6.04 Å². The minimum atomic E-state index is 0.211. The van der Waals surface area contributed by atoms with Crippen molar-refractivity contribution in [1.82, 2.24) is 0 Å². The topological polar surface area (TPSA) is 35.2 Å². The predicted octanol–water partition coefficient (Wildman–Crippen LogP) is 4.71. The van der Waals surface area contributed by atoms with Crippen molar-refractivity contribution in [1.29, 1.82) is 0 Å². The van der Waals surface area contributed by atoms with E-state index in [2.05, 4.69) is 25.1 Å². The molecule has 1 saturated carbocycles. The number of benzene rings is 1. The third kappa shape index (κ3) is 3.49. The molecule has 2 aliphatic rings. The van der Waals surface area contributed by atoms with Gasteiger partial charge in [-0.05, 0) is 41.4 Å². The Kier molecular flexibility index (Phi) is 4.97. The highest BCUT2D eigenvalue weighted by Gasteiger charge is 2.26. The normalized spacial score (nSPS) is 26.6. The van der Waals surface area contributed by atoms with Gasteiger partial charge in [0.1, 0.15) is 0 Å². The van der Waals surface area contributed by atoms with Gasteiger partial charge in [0, 0.05) is 6.04 Å². The van der Waals surface area contributed by atoms with Gasteiger partial charge in [-0.1, -0.05) is 57.2 Å². The van der Waals surface area contributed by atoms with Gasteiger partial charge in [-0.2, -0.15) is 0 Å². The quantitative estimate of drug-likeness (QED) is 0.851. The van der Waals surface area contributed by atoms with Crippen LogP contribution in [-0.2, 0) is 18.0 Å². The summed E-state index contributed by atoms with van der Waals surface area (Å²) in [5.74, 6) is 1.63. The van der Waals surface area contributed by atoms with Gasteiger partial charge < -0.3 is 10.5 Å². The number of rotatable bonds is 5. The van der Waals surface area contributed by atoms with Crippen LogP contribution < -0.4 is 5.73 Å². The van der Waals surface area contributed by atoms with Crippen molar-refractivity contribution in [3.05, 3.63) is 34.9 Å². The Balaban J connectivity index is 1.57. The Morgan fingerprint density at radius 3 is 2.67 bits per heavy atom. The van der Waals surface area contributed by atoms with Crippen molar-refractivity contribution < 1.29 is 4.74 Å². The molecule has 21 heavy (non-hydrogen) atoms. The summed E-state index contributed by atoms with van der Waals surface area (Å²) >= 11 is 0. The Hall–Kier alpha value is -0.860. The van der Waals surface area contributed by atoms with Gasteiger partial charge in [-0.15, -0.1) is 0 Å². The van der Waals surface area contributed by atoms with Gasteiger partial charge in [-0.25, -0.2) is 0 Å². The van der Waals surface area contributed by atoms with Crippen LogP contribution in [0.5, 0.6) is 0 Å². The van der Waals surface area contributed by atoms with E-state index in [4.69, 9.17) is 10.5 Å². The first-order valence-electron chi connectivity index (χ1n) is 8.73. The number of hydrogen-bond donors (Lipinski definition) is 1. The van der Waals surface area contributed by atoms with Crippen molar-refractivity contribution in [3.8, 4) is 0 Å². The highest BCUT2D eigenvalue weighted by molar-refractivity contribution is 5.34. The minimum absolute atomic E-state index is 0.211. The zero-order valence-electron chi connectivity index (χ0n) is 13.3. The minimum Gasteiger partial charge on any atom is -0.372 e. The molecule has 116 valence electrons. The molecule has 0 radical (unpaired) electrons. The van der Waals surface area contributed by atoms with Gasteiger partial charge in [0.15, 0.2) is 0 Å². The number of hydrogen-bond acceptors (Lipinski definition) is 2. The maximum Gasteiger partial charge on any atom is 0.0725 e. The molecule has 1 aromatic rings. The first-order chi connectivity index (χ1) is 10.3. The van der Waals surface area contributed by atoms with Crippen molar-refractivity contribution in [2.24, 2.45) is 17.6 Å². The van der Waals surface area contributed by atoms with E-state index in [0.717, 1.165) is 19.1 Å². The SMILES string of the molecule is CCCCC1CCC(C(N)c2ccc3c(c2)COC3)CC1. The summed E-state index contributed by atoms with van der Waals surface area (Å²) in [6.07, 6.45) is 9.53. The molecule has 0 spiro atoms. The van der Waals surface area contributed by atoms with E-state index in [0.29, 0.717) is 5.92 Å². The Morgan fingerprint density at radius 2 is 1.90 bits per heavy atom. The molecule has 0 bridgehead atoms. The van der Waals surface area contributed by atoms with Crippen LogP contribution >= 0.6 is 0 Å². The number of fused-ring (bicyclic) bond motifs is 1. The van der Waals surface area contributed by atoms with Crippen LogP contribution in [0.4, 0.5) is 0 Å². The maximum atomic E-state index is 6.57. The molecular weight excluding hydrogens is 258 g/mol. The summed E-state index contributed by atoms with van der Waals surface area (Å²) in [6.45, 7) is 3.83. The van der Waals surface area contributed by atoms with Gasteiger partial charge >= 0.3 is 0 Å². The maximum absolute atomic E-state index is 6.57. The molecule has 2 heteroatoms. The molecule has 2 nitrogen and oxygen atoms in total. The van der Waals surface area contributed by atoms with Crippen LogP contribution in [-0.4, -0.2) is 0 Å². The monoisotopic (exact) mass is 287 g/mol. The summed E-state index contributed by atoms with van der Waals surface area (Å²) in [4.78, 5) is 0. The van der Waals surface area contributed by atoms with Crippen LogP contribution in [0, 0.1) is 11.8 Å². The molecule has 0 aromatic heterocycles. The van der Waals surface area contributed by atoms with Crippen molar-refractivity contribution >= 4 is 0 Å². The lowest BCUT2D eigenvalue weighted by atomic mass is 9.75. The highest BCUT2D eigenvalue weighted by Crippen LogP contribution is 2.38. The number of ether oxygens (including phenoxy) is 1. The first kappa shape index (κ1) is 15.1. The van der Waals surface area contributed by atoms with Gasteiger partial charge in [0.25, 0.3) is 0 Å². The molecule has 1 aliphatic heterocycles. The van der Waals surface area contributed by atoms with Gasteiger partial charge in [-0.3, -0.25) is 0 Å². The van der Waals surface area contributed by atoms with Crippen LogP contribution in [0.3, 0.4) is 0 Å². The van der Waals surface area contributed by atoms with Crippen LogP contribution in [0.15, 0.2) is 18.2 Å². The Morgan fingerprint density at radius 1 is 1.14 bits per heavy atom. The van der Waals surface area contributed by atoms with E-state index >= 15 is 0 Å². The molecule has 0 amide bonds. The van der Waals surface area contributed by atoms with E-state index in [1.165, 1.54) is 61.6 Å². The van der Waals surface area contributed by atoms with Crippen LogP contribution in [0.25, 0.3) is 0 Å². The lowest BCUT2D eigenvalue weighted by Gasteiger charge is -2.32. The number of nitrogens with two attached hydrogens (primary N) is 1. The van der Waals surface area contributed by atoms with Gasteiger partial charge in [0.05, 0.1) is 13.2 Å². The number of unbranched alkanes of at least 4 members (excludes halogenated alkanes) is 1. The Bertz CT molecular complexity index is 463. The van der Waals surface area contributed by atoms with Crippen molar-refractivity contribution in [2.45, 2.75) is 71.1 Å². The molecule has 1 atom stereocenters. The smallest absolute Gasteiger partial charge is 0.0725 e. The molecular formula is C19H29NO. The summed E-state index contributed by atoms with van der Waals surface area (Å²) in [6, 6.07) is 6.94. The molecule has 2 N–H and O–H groups in total. The molecule has 1 aliphatic carbocycles. The highest BCUT2D eigenvalue weighted by atomic mass is 16.5. The summed E-state index contributed by atoms with van der Waals surface area (Å²) in [5, 5.41) is 0. The molecule has 1 unspecified atom stereocenters. The fraction of sp³-hybridized carbons (Fsp3) is 0.684. The molecule has 0 saturated heterocycles. The lowest BCUT2D eigenvalue weighted by molar-refractivity contribution is 0.134. The summed E-state index contributed by atoms with van der Waals surface area (Å²) in [5.41, 5.74) is 10.6. The second-order valence-corrected chi connectivity index (χ2v) is 6.97. The fourth-order valence-corrected chi connectivity index (χ4v) is 4.00. The molecule has 1 fully saturated rings. The molecule has 1 heterocycles. The second kappa shape index (κ2) is 6.93. The largest absolute Gasteiger partial charge is 0.372 e. The van der Waals surface area contributed by atoms with Crippen LogP contribution in [0.1, 0.15) is 74.6 Å². The average Bonchev–Trinajstić information content (AvgIpc) is 3.00. The standard InChI is InChI=1S/C19H29NO/c1-2-3-4-14-5-7-15(8-6-14)19(20)16-9-10-17-12-21-13-18(17)11-16/h9-11,14-15,19H,2-8,12-13,20H2,1H3. The van der Waals surface area contributed by atoms with Crippen molar-refractivity contribution in [3.63, 3.8) is 0 Å². The molecule has 3 rings (SSSR count). The third-order valence-corrected chi connectivity index (χ3v) is 5.50. The summed E-state index contributed by atoms with van der Waals surface area (Å²) in [7, 11) is 0. The van der Waals surface area contributed by atoms with Gasteiger partial charge in [0.2, 0.25) is 0 Å². The molecule has 1 aromatic carbocycles. The average molecular weight is 287 g/mol. The fourth-order valence-electron chi connectivity index (χ4n) is 4.00. The van der Waals surface area contributed by atoms with E-state index < -0.39 is 0 Å². The summed E-state index contributed by atoms with van der Waals surface area (Å²) < 4.78 is 5.51. The zero-order valence-corrected chi connectivity index (χ0v) is 13.3. The first-order valence-corrected chi connectivity index (χ1v) is 8.73. The van der Waals surface area contributed by atoms with Crippen molar-refractivity contribution in [2.75, 3.05) is 0 Å². The zero-order chi connectivity index (χ0) is 14.7. The Labute approximate surface area is 129 Å². The van der Waals surface area contributed by atoms with E-state index in [9.17, 15) is 0 Å². The van der Waals surface area contributed by atoms with E-state index in [1.807, 2.05) is 0 Å².